The van der Waals surface area contributed by atoms with E-state index in [2.05, 4.69) is 36.2 Å². The smallest absolute Gasteiger partial charge is 0.255 e. The molecule has 3 rings (SSSR count). The highest BCUT2D eigenvalue weighted by molar-refractivity contribution is 6.05. The topological polar surface area (TPSA) is 63.1 Å². The van der Waals surface area contributed by atoms with Crippen molar-refractivity contribution in [1.29, 1.82) is 0 Å². The molecule has 0 aromatic carbocycles. The molecule has 0 radical (unpaired) electrons. The predicted octanol–water partition coefficient (Wildman–Crippen LogP) is 2.53. The van der Waals surface area contributed by atoms with Gasteiger partial charge in [-0.25, -0.2) is 9.67 Å². The highest BCUT2D eigenvalue weighted by Crippen LogP contribution is 2.24. The number of nitrogens with one attached hydrogen (secondary N) is 1. The van der Waals surface area contributed by atoms with E-state index in [1.54, 1.807) is 6.20 Å². The molecule has 1 N–H and O–H groups in total. The monoisotopic (exact) mass is 329 g/mol. The molecule has 0 saturated carbocycles. The van der Waals surface area contributed by atoms with E-state index in [1.807, 2.05) is 22.6 Å². The van der Waals surface area contributed by atoms with Crippen molar-refractivity contribution in [3.63, 3.8) is 0 Å². The minimum atomic E-state index is 0.101. The number of carbonyl (C=O) groups excluding carboxylic acids is 1. The van der Waals surface area contributed by atoms with Crippen molar-refractivity contribution in [2.45, 2.75) is 52.6 Å². The number of hydrogen-bond acceptors (Lipinski definition) is 4. The average molecular weight is 329 g/mol. The molecule has 24 heavy (non-hydrogen) atoms. The van der Waals surface area contributed by atoms with Crippen LogP contribution in [-0.4, -0.2) is 51.2 Å². The molecule has 3 heterocycles. The molecule has 1 atom stereocenters. The molecule has 1 fully saturated rings. The molecule has 2 aromatic heterocycles. The molecule has 0 spiro atoms. The number of fused-ring (bicyclic) bond motifs is 1. The largest absolute Gasteiger partial charge is 0.334 e. The lowest BCUT2D eigenvalue weighted by Crippen LogP contribution is -2.42. The third kappa shape index (κ3) is 3.02. The van der Waals surface area contributed by atoms with Gasteiger partial charge in [0.25, 0.3) is 5.91 Å². The second-order valence-electron chi connectivity index (χ2n) is 6.88. The summed E-state index contributed by atoms with van der Waals surface area (Å²) in [4.78, 5) is 19.9. The van der Waals surface area contributed by atoms with Crippen molar-refractivity contribution < 1.29 is 4.79 Å². The first kappa shape index (κ1) is 16.9. The fraction of sp³-hybridized carbons (Fsp3) is 0.611. The molecular formula is C18H27N5O. The standard InChI is InChI=1S/C18H27N5O/c1-5-8-22(14-6-7-19-10-14)18(24)15-9-13(4)21-17-16(15)11-20-23(17)12(2)3/h9,11-12,14,19H,5-8,10H2,1-4H3. The number of carbonyl (C=O) groups is 1. The predicted molar refractivity (Wildman–Crippen MR) is 95.3 cm³/mol. The van der Waals surface area contributed by atoms with Gasteiger partial charge in [-0.15, -0.1) is 0 Å². The zero-order valence-corrected chi connectivity index (χ0v) is 15.0. The van der Waals surface area contributed by atoms with Gasteiger partial charge in [0.15, 0.2) is 5.65 Å². The van der Waals surface area contributed by atoms with Crippen LogP contribution >= 0.6 is 0 Å². The Bertz CT molecular complexity index is 730. The normalized spacial score (nSPS) is 17.8. The summed E-state index contributed by atoms with van der Waals surface area (Å²) < 4.78 is 1.89. The second-order valence-corrected chi connectivity index (χ2v) is 6.88. The van der Waals surface area contributed by atoms with Crippen molar-refractivity contribution in [1.82, 2.24) is 25.0 Å². The van der Waals surface area contributed by atoms with Crippen LogP contribution in [0.3, 0.4) is 0 Å². The Balaban J connectivity index is 2.04. The molecule has 2 aromatic rings. The molecule has 1 aliphatic rings. The first-order chi connectivity index (χ1) is 11.5. The molecule has 1 unspecified atom stereocenters. The summed E-state index contributed by atoms with van der Waals surface area (Å²) in [5.74, 6) is 0.101. The molecule has 6 heteroatoms. The molecule has 1 saturated heterocycles. The minimum absolute atomic E-state index is 0.101. The maximum atomic E-state index is 13.3. The highest BCUT2D eigenvalue weighted by atomic mass is 16.2. The summed E-state index contributed by atoms with van der Waals surface area (Å²) in [5, 5.41) is 8.67. The SMILES string of the molecule is CCCN(C(=O)c1cc(C)nc2c1cnn2C(C)C)C1CCNC1. The van der Waals surface area contributed by atoms with Crippen LogP contribution in [0.15, 0.2) is 12.3 Å². The first-order valence-electron chi connectivity index (χ1n) is 8.89. The summed E-state index contributed by atoms with van der Waals surface area (Å²) in [5.41, 5.74) is 2.38. The number of rotatable bonds is 5. The van der Waals surface area contributed by atoms with E-state index in [-0.39, 0.29) is 18.0 Å². The van der Waals surface area contributed by atoms with Crippen LogP contribution in [0.25, 0.3) is 11.0 Å². The third-order valence-corrected chi connectivity index (χ3v) is 4.61. The van der Waals surface area contributed by atoms with Crippen molar-refractivity contribution in [2.24, 2.45) is 0 Å². The lowest BCUT2D eigenvalue weighted by Gasteiger charge is -2.28. The van der Waals surface area contributed by atoms with Crippen molar-refractivity contribution in [3.05, 3.63) is 23.5 Å². The lowest BCUT2D eigenvalue weighted by atomic mass is 10.1. The Labute approximate surface area is 143 Å². The van der Waals surface area contributed by atoms with E-state index < -0.39 is 0 Å². The third-order valence-electron chi connectivity index (χ3n) is 4.61. The fourth-order valence-corrected chi connectivity index (χ4v) is 3.45. The fourth-order valence-electron chi connectivity index (χ4n) is 3.45. The van der Waals surface area contributed by atoms with Crippen LogP contribution in [0, 0.1) is 6.92 Å². The van der Waals surface area contributed by atoms with E-state index >= 15 is 0 Å². The van der Waals surface area contributed by atoms with Gasteiger partial charge in [-0.05, 0) is 46.2 Å². The van der Waals surface area contributed by atoms with Crippen molar-refractivity contribution in [3.8, 4) is 0 Å². The Morgan fingerprint density at radius 1 is 1.50 bits per heavy atom. The van der Waals surface area contributed by atoms with E-state index in [4.69, 9.17) is 0 Å². The van der Waals surface area contributed by atoms with Crippen LogP contribution in [-0.2, 0) is 0 Å². The van der Waals surface area contributed by atoms with Gasteiger partial charge >= 0.3 is 0 Å². The summed E-state index contributed by atoms with van der Waals surface area (Å²) in [6.45, 7) is 10.9. The average Bonchev–Trinajstić information content (AvgIpc) is 3.20. The molecule has 1 amide bonds. The van der Waals surface area contributed by atoms with Gasteiger partial charge in [0.1, 0.15) is 0 Å². The van der Waals surface area contributed by atoms with Gasteiger partial charge < -0.3 is 10.2 Å². The Morgan fingerprint density at radius 3 is 2.92 bits per heavy atom. The molecule has 0 aliphatic carbocycles. The number of hydrogen-bond donors (Lipinski definition) is 1. The summed E-state index contributed by atoms with van der Waals surface area (Å²) in [6, 6.07) is 2.40. The van der Waals surface area contributed by atoms with E-state index in [0.717, 1.165) is 54.8 Å². The van der Waals surface area contributed by atoms with Crippen LogP contribution in [0.4, 0.5) is 0 Å². The summed E-state index contributed by atoms with van der Waals surface area (Å²) in [6.07, 6.45) is 3.76. The number of aryl methyl sites for hydroxylation is 1. The zero-order chi connectivity index (χ0) is 17.3. The van der Waals surface area contributed by atoms with Gasteiger partial charge in [0, 0.05) is 30.9 Å². The van der Waals surface area contributed by atoms with Gasteiger partial charge in [-0.3, -0.25) is 4.79 Å². The van der Waals surface area contributed by atoms with Crippen LogP contribution < -0.4 is 5.32 Å². The quantitative estimate of drug-likeness (QED) is 0.915. The second kappa shape index (κ2) is 6.89. The number of aromatic nitrogens is 3. The Morgan fingerprint density at radius 2 is 2.29 bits per heavy atom. The molecule has 6 nitrogen and oxygen atoms in total. The van der Waals surface area contributed by atoms with Gasteiger partial charge in [0.05, 0.1) is 17.1 Å². The van der Waals surface area contributed by atoms with Crippen LogP contribution in [0.1, 0.15) is 55.7 Å². The van der Waals surface area contributed by atoms with Gasteiger partial charge in [-0.1, -0.05) is 6.92 Å². The highest BCUT2D eigenvalue weighted by Gasteiger charge is 2.28. The van der Waals surface area contributed by atoms with E-state index in [1.165, 1.54) is 0 Å². The van der Waals surface area contributed by atoms with Crippen LogP contribution in [0.5, 0.6) is 0 Å². The maximum Gasteiger partial charge on any atom is 0.255 e. The minimum Gasteiger partial charge on any atom is -0.334 e. The zero-order valence-electron chi connectivity index (χ0n) is 15.0. The van der Waals surface area contributed by atoms with E-state index in [9.17, 15) is 4.79 Å². The summed E-state index contributed by atoms with van der Waals surface area (Å²) >= 11 is 0. The molecule has 1 aliphatic heterocycles. The number of pyridine rings is 1. The van der Waals surface area contributed by atoms with Crippen molar-refractivity contribution in [2.75, 3.05) is 19.6 Å². The maximum absolute atomic E-state index is 13.3. The van der Waals surface area contributed by atoms with Gasteiger partial charge in [-0.2, -0.15) is 5.10 Å². The Kier molecular flexibility index (Phi) is 4.85. The molecular weight excluding hydrogens is 302 g/mol. The summed E-state index contributed by atoms with van der Waals surface area (Å²) in [7, 11) is 0. The van der Waals surface area contributed by atoms with Crippen LogP contribution in [0.2, 0.25) is 0 Å². The number of amides is 1. The molecule has 130 valence electrons. The Hall–Kier alpha value is -1.95. The van der Waals surface area contributed by atoms with Gasteiger partial charge in [0.2, 0.25) is 0 Å². The number of nitrogens with zero attached hydrogens (tertiary/aromatic N) is 4. The first-order valence-corrected chi connectivity index (χ1v) is 8.89. The lowest BCUT2D eigenvalue weighted by molar-refractivity contribution is 0.0694. The van der Waals surface area contributed by atoms with Crippen molar-refractivity contribution >= 4 is 16.9 Å². The van der Waals surface area contributed by atoms with E-state index in [0.29, 0.717) is 0 Å². The molecule has 0 bridgehead atoms.